The van der Waals surface area contributed by atoms with E-state index in [9.17, 15) is 9.59 Å². The van der Waals surface area contributed by atoms with Crippen LogP contribution in [0.5, 0.6) is 0 Å². The van der Waals surface area contributed by atoms with Crippen molar-refractivity contribution in [1.82, 2.24) is 0 Å². The van der Waals surface area contributed by atoms with Crippen LogP contribution in [0.1, 0.15) is 188 Å². The summed E-state index contributed by atoms with van der Waals surface area (Å²) in [6.07, 6.45) is 49.3. The lowest BCUT2D eigenvalue weighted by atomic mass is 10.1. The van der Waals surface area contributed by atoms with Gasteiger partial charge in [-0.05, 0) is 77.0 Å². The molecule has 5 nitrogen and oxygen atoms in total. The van der Waals surface area contributed by atoms with Gasteiger partial charge in [0.1, 0.15) is 6.61 Å². The number of carbonyl (C=O) groups is 2. The van der Waals surface area contributed by atoms with E-state index in [-0.39, 0.29) is 25.2 Å². The van der Waals surface area contributed by atoms with Crippen LogP contribution < -0.4 is 0 Å². The summed E-state index contributed by atoms with van der Waals surface area (Å²) in [6, 6.07) is 0. The van der Waals surface area contributed by atoms with E-state index in [0.717, 1.165) is 83.5 Å². The van der Waals surface area contributed by atoms with E-state index in [1.54, 1.807) is 0 Å². The first kappa shape index (κ1) is 47.6. The van der Waals surface area contributed by atoms with E-state index >= 15 is 0 Å². The van der Waals surface area contributed by atoms with Gasteiger partial charge >= 0.3 is 11.9 Å². The van der Waals surface area contributed by atoms with Crippen LogP contribution in [0.2, 0.25) is 0 Å². The highest BCUT2D eigenvalue weighted by atomic mass is 16.6. The molecular weight excluding hydrogens is 620 g/mol. The van der Waals surface area contributed by atoms with Gasteiger partial charge in [0, 0.05) is 19.4 Å². The van der Waals surface area contributed by atoms with E-state index in [1.165, 1.54) is 70.6 Å². The fraction of sp³-hybridized carbons (Fsp3) is 0.733. The van der Waals surface area contributed by atoms with Gasteiger partial charge in [0.15, 0.2) is 6.10 Å². The van der Waals surface area contributed by atoms with E-state index in [4.69, 9.17) is 14.2 Å². The zero-order chi connectivity index (χ0) is 36.4. The molecule has 50 heavy (non-hydrogen) atoms. The lowest BCUT2D eigenvalue weighted by molar-refractivity contribution is -0.163. The average Bonchev–Trinajstić information content (AvgIpc) is 3.11. The van der Waals surface area contributed by atoms with Crippen LogP contribution in [0, 0.1) is 0 Å². The largest absolute Gasteiger partial charge is 0.462 e. The van der Waals surface area contributed by atoms with E-state index < -0.39 is 6.10 Å². The van der Waals surface area contributed by atoms with Crippen molar-refractivity contribution in [2.75, 3.05) is 19.8 Å². The highest BCUT2D eigenvalue weighted by Gasteiger charge is 2.17. The molecule has 288 valence electrons. The van der Waals surface area contributed by atoms with Crippen molar-refractivity contribution in [3.05, 3.63) is 60.8 Å². The third kappa shape index (κ3) is 38.4. The van der Waals surface area contributed by atoms with Crippen LogP contribution in [0.15, 0.2) is 60.8 Å². The minimum absolute atomic E-state index is 0.0602. The molecule has 0 aromatic heterocycles. The van der Waals surface area contributed by atoms with Crippen molar-refractivity contribution in [3.8, 4) is 0 Å². The summed E-state index contributed by atoms with van der Waals surface area (Å²) in [6.45, 7) is 7.59. The van der Waals surface area contributed by atoms with Gasteiger partial charge in [-0.3, -0.25) is 9.59 Å². The zero-order valence-corrected chi connectivity index (χ0v) is 32.9. The molecule has 0 aliphatic rings. The van der Waals surface area contributed by atoms with Gasteiger partial charge in [0.2, 0.25) is 0 Å². The number of hydrogen-bond acceptors (Lipinski definition) is 5. The molecule has 0 aliphatic carbocycles. The summed E-state index contributed by atoms with van der Waals surface area (Å²) in [5.41, 5.74) is 0. The Balaban J connectivity index is 4.30. The van der Waals surface area contributed by atoms with Gasteiger partial charge in [-0.15, -0.1) is 0 Å². The zero-order valence-electron chi connectivity index (χ0n) is 32.9. The molecule has 0 aliphatic heterocycles. The van der Waals surface area contributed by atoms with Crippen molar-refractivity contribution in [2.45, 2.75) is 194 Å². The maximum atomic E-state index is 12.6. The maximum absolute atomic E-state index is 12.6. The number of esters is 2. The summed E-state index contributed by atoms with van der Waals surface area (Å²) < 4.78 is 17.2. The summed E-state index contributed by atoms with van der Waals surface area (Å²) >= 11 is 0. The minimum atomic E-state index is -0.552. The standard InChI is InChI=1S/C45H78O5/c1-4-7-10-13-16-19-21-22-23-24-26-27-29-32-35-38-44(46)49-42-43(41-48-40-37-34-31-18-15-12-9-6-3)50-45(47)39-36-33-30-28-25-20-17-14-11-8-5-2/h7,10,14,16-17,19,22-23,26-27,43H,4-6,8-9,11-13,15,18,20-21,24-25,28-42H2,1-3H3/b10-7-,17-14-,19-16-,23-22-,27-26-. The number of ether oxygens (including phenoxy) is 3. The van der Waals surface area contributed by atoms with E-state index in [0.29, 0.717) is 19.4 Å². The monoisotopic (exact) mass is 699 g/mol. The maximum Gasteiger partial charge on any atom is 0.306 e. The van der Waals surface area contributed by atoms with Crippen LogP contribution in [-0.2, 0) is 23.8 Å². The lowest BCUT2D eigenvalue weighted by Crippen LogP contribution is -2.30. The number of unbranched alkanes of at least 4 members (excludes halogenated alkanes) is 16. The Morgan fingerprint density at radius 1 is 0.460 bits per heavy atom. The second-order valence-electron chi connectivity index (χ2n) is 13.5. The normalized spacial score (nSPS) is 12.8. The first-order valence-corrected chi connectivity index (χ1v) is 20.8. The molecule has 0 aromatic rings. The van der Waals surface area contributed by atoms with Gasteiger partial charge < -0.3 is 14.2 Å². The lowest BCUT2D eigenvalue weighted by Gasteiger charge is -2.18. The number of hydrogen-bond donors (Lipinski definition) is 0. The molecule has 5 heteroatoms. The Labute approximate surface area is 309 Å². The molecule has 0 amide bonds. The minimum Gasteiger partial charge on any atom is -0.462 e. The first-order valence-electron chi connectivity index (χ1n) is 20.8. The van der Waals surface area contributed by atoms with Crippen molar-refractivity contribution >= 4 is 11.9 Å². The van der Waals surface area contributed by atoms with Crippen molar-refractivity contribution in [1.29, 1.82) is 0 Å². The van der Waals surface area contributed by atoms with Crippen molar-refractivity contribution < 1.29 is 23.8 Å². The topological polar surface area (TPSA) is 61.8 Å². The Morgan fingerprint density at radius 2 is 0.920 bits per heavy atom. The van der Waals surface area contributed by atoms with Gasteiger partial charge in [-0.2, -0.15) is 0 Å². The highest BCUT2D eigenvalue weighted by Crippen LogP contribution is 2.12. The third-order valence-electron chi connectivity index (χ3n) is 8.54. The molecular formula is C45H78O5. The SMILES string of the molecule is CC/C=C\C/C=C\C/C=C\C/C=C\CCCCC(=O)OCC(COCCCCCCCCCC)OC(=O)CCCCCCC/C=C\CCCC. The van der Waals surface area contributed by atoms with Gasteiger partial charge in [-0.25, -0.2) is 0 Å². The van der Waals surface area contributed by atoms with Crippen LogP contribution in [0.25, 0.3) is 0 Å². The second kappa shape index (κ2) is 41.0. The molecule has 0 bridgehead atoms. The summed E-state index contributed by atoms with van der Waals surface area (Å²) in [4.78, 5) is 25.1. The predicted molar refractivity (Wildman–Crippen MR) is 214 cm³/mol. The molecule has 1 atom stereocenters. The average molecular weight is 699 g/mol. The highest BCUT2D eigenvalue weighted by molar-refractivity contribution is 5.70. The smallest absolute Gasteiger partial charge is 0.306 e. The first-order chi connectivity index (χ1) is 24.6. The van der Waals surface area contributed by atoms with Crippen LogP contribution in [-0.4, -0.2) is 37.9 Å². The van der Waals surface area contributed by atoms with E-state index in [2.05, 4.69) is 81.5 Å². The number of allylic oxidation sites excluding steroid dienone is 10. The number of rotatable bonds is 37. The molecule has 0 aromatic carbocycles. The van der Waals surface area contributed by atoms with Crippen molar-refractivity contribution in [2.24, 2.45) is 0 Å². The fourth-order valence-electron chi connectivity index (χ4n) is 5.42. The number of carbonyl (C=O) groups excluding carboxylic acids is 2. The van der Waals surface area contributed by atoms with Gasteiger partial charge in [-0.1, -0.05) is 159 Å². The third-order valence-corrected chi connectivity index (χ3v) is 8.54. The summed E-state index contributed by atoms with van der Waals surface area (Å²) in [5.74, 6) is -0.460. The Kier molecular flexibility index (Phi) is 39.1. The molecule has 0 radical (unpaired) electrons. The Morgan fingerprint density at radius 3 is 1.56 bits per heavy atom. The summed E-state index contributed by atoms with van der Waals surface area (Å²) in [5, 5.41) is 0. The molecule has 0 heterocycles. The van der Waals surface area contributed by atoms with Gasteiger partial charge in [0.05, 0.1) is 6.61 Å². The molecule has 0 rings (SSSR count). The Hall–Kier alpha value is -2.40. The van der Waals surface area contributed by atoms with Crippen LogP contribution in [0.4, 0.5) is 0 Å². The van der Waals surface area contributed by atoms with Crippen LogP contribution in [0.3, 0.4) is 0 Å². The molecule has 0 saturated carbocycles. The summed E-state index contributed by atoms with van der Waals surface area (Å²) in [7, 11) is 0. The quantitative estimate of drug-likeness (QED) is 0.0367. The van der Waals surface area contributed by atoms with E-state index in [1.807, 2.05) is 0 Å². The van der Waals surface area contributed by atoms with Crippen molar-refractivity contribution in [3.63, 3.8) is 0 Å². The molecule has 0 saturated heterocycles. The Bertz CT molecular complexity index is 884. The molecule has 1 unspecified atom stereocenters. The van der Waals surface area contributed by atoms with Crippen LogP contribution >= 0.6 is 0 Å². The fourth-order valence-corrected chi connectivity index (χ4v) is 5.42. The van der Waals surface area contributed by atoms with Gasteiger partial charge in [0.25, 0.3) is 0 Å². The predicted octanol–water partition coefficient (Wildman–Crippen LogP) is 13.4. The molecule has 0 N–H and O–H groups in total. The second-order valence-corrected chi connectivity index (χ2v) is 13.5. The molecule has 0 spiro atoms. The molecule has 0 fully saturated rings.